The van der Waals surface area contributed by atoms with Crippen LogP contribution in [0.1, 0.15) is 71.1 Å². The number of oxime groups is 2. The quantitative estimate of drug-likeness (QED) is 0.0574. The third-order valence-corrected chi connectivity index (χ3v) is 11.0. The molecule has 244 valence electrons. The van der Waals surface area contributed by atoms with Gasteiger partial charge in [0.25, 0.3) is 5.97 Å². The maximum atomic E-state index is 12.3. The molecule has 0 amide bonds. The van der Waals surface area contributed by atoms with Crippen LogP contribution in [0.4, 0.5) is 0 Å². The molecule has 1 aliphatic carbocycles. The number of allylic oxidation sites excluding steroid dienone is 2. The van der Waals surface area contributed by atoms with Crippen LogP contribution in [0.15, 0.2) is 22.5 Å². The van der Waals surface area contributed by atoms with Crippen LogP contribution in [0.25, 0.3) is 0 Å². The van der Waals surface area contributed by atoms with Gasteiger partial charge in [0.05, 0.1) is 11.4 Å². The van der Waals surface area contributed by atoms with Crippen molar-refractivity contribution in [2.75, 3.05) is 14.2 Å². The Bertz CT molecular complexity index is 888. The standard InChI is InChI=1S/C32H64N2O5Si3/c1-13-14-15-18-27(33-36-2)21-22-29-26(25-40(4,5)6)23-31(38-41(7,8)9)30(29)24-28(34-37-3)19-16-17-20-32(35)39-42(10,11)12/h21-22,26,29-31H,13-20,23-25H2,1-12H3/b22-21+,33-27-,34-28+/t26-,29+,30-,31-/m0/s1. The molecule has 0 N–H and O–H groups in total. The van der Waals surface area contributed by atoms with E-state index in [-0.39, 0.29) is 12.1 Å². The molecule has 42 heavy (non-hydrogen) atoms. The van der Waals surface area contributed by atoms with Gasteiger partial charge in [-0.25, -0.2) is 0 Å². The van der Waals surface area contributed by atoms with Crippen molar-refractivity contribution >= 4 is 42.1 Å². The van der Waals surface area contributed by atoms with Gasteiger partial charge in [-0.2, -0.15) is 0 Å². The van der Waals surface area contributed by atoms with Gasteiger partial charge < -0.3 is 18.5 Å². The van der Waals surface area contributed by atoms with Crippen LogP contribution in [-0.4, -0.2) is 62.4 Å². The third-order valence-electron chi connectivity index (χ3n) is 7.39. The van der Waals surface area contributed by atoms with Crippen molar-refractivity contribution < 1.29 is 23.3 Å². The summed E-state index contributed by atoms with van der Waals surface area (Å²) in [6.45, 7) is 22.7. The first-order valence-corrected chi connectivity index (χ1v) is 26.8. The Morgan fingerprint density at radius 3 is 2.00 bits per heavy atom. The van der Waals surface area contributed by atoms with Gasteiger partial charge >= 0.3 is 0 Å². The number of rotatable bonds is 20. The topological polar surface area (TPSA) is 78.7 Å². The summed E-state index contributed by atoms with van der Waals surface area (Å²) in [6, 6.07) is 1.27. The normalized spacial score (nSPS) is 22.6. The van der Waals surface area contributed by atoms with Gasteiger partial charge in [0, 0.05) is 20.6 Å². The smallest absolute Gasteiger partial charge is 0.292 e. The van der Waals surface area contributed by atoms with E-state index in [1.54, 1.807) is 14.2 Å². The van der Waals surface area contributed by atoms with E-state index in [0.717, 1.165) is 56.4 Å². The van der Waals surface area contributed by atoms with Crippen molar-refractivity contribution in [2.24, 2.45) is 28.1 Å². The van der Waals surface area contributed by atoms with Gasteiger partial charge in [-0.1, -0.05) is 61.8 Å². The zero-order valence-corrected chi connectivity index (χ0v) is 32.2. The second-order valence-electron chi connectivity index (χ2n) is 15.2. The maximum absolute atomic E-state index is 12.3. The Morgan fingerprint density at radius 1 is 0.833 bits per heavy atom. The lowest BCUT2D eigenvalue weighted by Crippen LogP contribution is -2.35. The second kappa shape index (κ2) is 18.5. The SMILES string of the molecule is CCCCCC(/C=C/[C@@H]1[C@H](C[Si](C)(C)C)C[C@H](O[Si](C)(C)C)[C@H]1C/C(CCCCC(=O)O[Si](C)(C)C)=N/OC)=N/OC. The molecule has 0 aromatic carbocycles. The van der Waals surface area contributed by atoms with Crippen LogP contribution in [-0.2, 0) is 23.3 Å². The fourth-order valence-electron chi connectivity index (χ4n) is 6.02. The van der Waals surface area contributed by atoms with Crippen molar-refractivity contribution in [1.29, 1.82) is 0 Å². The van der Waals surface area contributed by atoms with E-state index in [4.69, 9.17) is 18.5 Å². The van der Waals surface area contributed by atoms with Gasteiger partial charge in [0.2, 0.25) is 8.32 Å². The lowest BCUT2D eigenvalue weighted by Gasteiger charge is -2.30. The average molecular weight is 641 g/mol. The summed E-state index contributed by atoms with van der Waals surface area (Å²) in [5.41, 5.74) is 2.08. The molecule has 0 heterocycles. The molecule has 0 aliphatic heterocycles. The molecule has 0 aromatic rings. The maximum Gasteiger partial charge on any atom is 0.292 e. The Morgan fingerprint density at radius 2 is 1.45 bits per heavy atom. The van der Waals surface area contributed by atoms with Crippen molar-refractivity contribution in [3.63, 3.8) is 0 Å². The highest BCUT2D eigenvalue weighted by Crippen LogP contribution is 2.46. The fourth-order valence-corrected chi connectivity index (χ4v) is 10.00. The first kappa shape index (κ1) is 38.8. The molecular weight excluding hydrogens is 577 g/mol. The highest BCUT2D eigenvalue weighted by atomic mass is 28.4. The van der Waals surface area contributed by atoms with Gasteiger partial charge in [0.1, 0.15) is 14.2 Å². The molecule has 1 rings (SSSR count). The number of unbranched alkanes of at least 4 members (excludes halogenated alkanes) is 3. The molecule has 1 fully saturated rings. The third kappa shape index (κ3) is 17.2. The monoisotopic (exact) mass is 640 g/mol. The van der Waals surface area contributed by atoms with Crippen LogP contribution >= 0.6 is 0 Å². The number of nitrogens with zero attached hydrogens (tertiary/aromatic N) is 2. The molecule has 0 unspecified atom stereocenters. The summed E-state index contributed by atoms with van der Waals surface area (Å²) in [5, 5.41) is 8.88. The predicted octanol–water partition coefficient (Wildman–Crippen LogP) is 9.27. The van der Waals surface area contributed by atoms with Crippen LogP contribution in [0.3, 0.4) is 0 Å². The van der Waals surface area contributed by atoms with Crippen molar-refractivity contribution in [1.82, 2.24) is 0 Å². The van der Waals surface area contributed by atoms with Crippen molar-refractivity contribution in [3.05, 3.63) is 12.2 Å². The minimum atomic E-state index is -1.85. The second-order valence-corrected chi connectivity index (χ2v) is 29.6. The number of carbonyl (C=O) groups is 1. The van der Waals surface area contributed by atoms with Crippen LogP contribution in [0.2, 0.25) is 65.0 Å². The Balaban J connectivity index is 3.24. The zero-order chi connectivity index (χ0) is 32.0. The van der Waals surface area contributed by atoms with E-state index >= 15 is 0 Å². The van der Waals surface area contributed by atoms with Crippen LogP contribution in [0, 0.1) is 17.8 Å². The van der Waals surface area contributed by atoms with E-state index in [9.17, 15) is 4.79 Å². The molecule has 0 spiro atoms. The van der Waals surface area contributed by atoms with E-state index < -0.39 is 24.7 Å². The van der Waals surface area contributed by atoms with Gasteiger partial charge in [0.15, 0.2) is 8.32 Å². The molecule has 4 atom stereocenters. The molecule has 7 nitrogen and oxygen atoms in total. The highest BCUT2D eigenvalue weighted by Gasteiger charge is 2.45. The molecule has 0 saturated heterocycles. The van der Waals surface area contributed by atoms with Gasteiger partial charge in [-0.05, 0) is 108 Å². The van der Waals surface area contributed by atoms with E-state index in [0.29, 0.717) is 24.2 Å². The number of hydrogen-bond acceptors (Lipinski definition) is 7. The van der Waals surface area contributed by atoms with E-state index in [1.165, 1.54) is 18.9 Å². The van der Waals surface area contributed by atoms with E-state index in [1.807, 2.05) is 19.6 Å². The lowest BCUT2D eigenvalue weighted by atomic mass is 9.84. The molecule has 0 radical (unpaired) electrons. The molecule has 1 saturated carbocycles. The molecule has 10 heteroatoms. The van der Waals surface area contributed by atoms with Crippen molar-refractivity contribution in [3.8, 4) is 0 Å². The molecule has 0 aromatic heterocycles. The zero-order valence-electron chi connectivity index (χ0n) is 29.2. The summed E-state index contributed by atoms with van der Waals surface area (Å²) >= 11 is 0. The van der Waals surface area contributed by atoms with Gasteiger partial charge in [-0.3, -0.25) is 4.79 Å². The Kier molecular flexibility index (Phi) is 17.1. The Hall–Kier alpha value is -1.24. The van der Waals surface area contributed by atoms with Crippen molar-refractivity contribution in [2.45, 2.75) is 142 Å². The Labute approximate surface area is 261 Å². The summed E-state index contributed by atoms with van der Waals surface area (Å²) < 4.78 is 12.5. The molecular formula is C32H64N2O5Si3. The fraction of sp³-hybridized carbons (Fsp3) is 0.844. The first-order valence-electron chi connectivity index (χ1n) is 16.2. The lowest BCUT2D eigenvalue weighted by molar-refractivity contribution is -0.135. The van der Waals surface area contributed by atoms with Crippen LogP contribution < -0.4 is 0 Å². The highest BCUT2D eigenvalue weighted by molar-refractivity contribution is 6.76. The number of hydrogen-bond donors (Lipinski definition) is 0. The predicted molar refractivity (Wildman–Crippen MR) is 186 cm³/mol. The average Bonchev–Trinajstić information content (AvgIpc) is 3.11. The molecule has 1 aliphatic rings. The van der Waals surface area contributed by atoms with Gasteiger partial charge in [-0.15, -0.1) is 0 Å². The van der Waals surface area contributed by atoms with Crippen LogP contribution in [0.5, 0.6) is 0 Å². The summed E-state index contributed by atoms with van der Waals surface area (Å²) in [6.07, 6.45) is 14.1. The minimum absolute atomic E-state index is 0.0781. The minimum Gasteiger partial charge on any atom is -0.520 e. The summed E-state index contributed by atoms with van der Waals surface area (Å²) in [5.74, 6) is 1.18. The first-order chi connectivity index (χ1) is 19.5. The summed E-state index contributed by atoms with van der Waals surface area (Å²) in [4.78, 5) is 22.8. The largest absolute Gasteiger partial charge is 0.520 e. The summed E-state index contributed by atoms with van der Waals surface area (Å²) in [7, 11) is -1.68. The van der Waals surface area contributed by atoms with E-state index in [2.05, 4.69) is 68.7 Å². The molecule has 0 bridgehead atoms. The number of carbonyl (C=O) groups excluding carboxylic acids is 1.